The maximum Gasteiger partial charge on any atom is 0.315 e. The lowest BCUT2D eigenvalue weighted by molar-refractivity contribution is -0.145. The van der Waals surface area contributed by atoms with Gasteiger partial charge in [-0.15, -0.1) is 11.3 Å². The molecule has 1 aromatic rings. The van der Waals surface area contributed by atoms with Crippen LogP contribution in [0.5, 0.6) is 0 Å². The summed E-state index contributed by atoms with van der Waals surface area (Å²) in [6.45, 7) is 1.73. The van der Waals surface area contributed by atoms with Gasteiger partial charge in [-0.2, -0.15) is 0 Å². The first-order chi connectivity index (χ1) is 7.15. The maximum atomic E-state index is 11.5. The summed E-state index contributed by atoms with van der Waals surface area (Å²) in [7, 11) is 2.04. The Kier molecular flexibility index (Phi) is 2.80. The quantitative estimate of drug-likeness (QED) is 0.834. The van der Waals surface area contributed by atoms with Gasteiger partial charge in [-0.3, -0.25) is 4.79 Å². The van der Waals surface area contributed by atoms with Crippen LogP contribution in [0.25, 0.3) is 0 Å². The number of carbonyl (C=O) groups is 1. The van der Waals surface area contributed by atoms with Crippen LogP contribution in [-0.4, -0.2) is 36.1 Å². The summed E-state index contributed by atoms with van der Waals surface area (Å²) in [5.41, 5.74) is -0.624. The second kappa shape index (κ2) is 3.94. The summed E-state index contributed by atoms with van der Waals surface area (Å²) >= 11 is 1.56. The van der Waals surface area contributed by atoms with Crippen LogP contribution in [-0.2, 0) is 10.2 Å². The Morgan fingerprint density at radius 3 is 2.67 bits per heavy atom. The number of carboxylic acids is 1. The molecule has 82 valence electrons. The number of nitrogens with zero attached hydrogens (tertiary/aromatic N) is 1. The molecule has 1 aliphatic rings. The van der Waals surface area contributed by atoms with E-state index in [1.165, 1.54) is 0 Å². The lowest BCUT2D eigenvalue weighted by atomic mass is 9.77. The molecule has 0 aliphatic carbocycles. The van der Waals surface area contributed by atoms with Crippen molar-refractivity contribution < 1.29 is 9.90 Å². The zero-order valence-corrected chi connectivity index (χ0v) is 9.59. The van der Waals surface area contributed by atoms with Crippen molar-refractivity contribution in [2.24, 2.45) is 0 Å². The second-order valence-electron chi connectivity index (χ2n) is 4.17. The van der Waals surface area contributed by atoms with Gasteiger partial charge in [0.2, 0.25) is 0 Å². The highest BCUT2D eigenvalue weighted by molar-refractivity contribution is 7.10. The van der Waals surface area contributed by atoms with Gasteiger partial charge in [-0.25, -0.2) is 0 Å². The average Bonchev–Trinajstić information content (AvgIpc) is 2.72. The van der Waals surface area contributed by atoms with E-state index in [1.54, 1.807) is 11.3 Å². The van der Waals surface area contributed by atoms with Crippen molar-refractivity contribution in [1.82, 2.24) is 4.90 Å². The van der Waals surface area contributed by atoms with Gasteiger partial charge in [0.05, 0.1) is 0 Å². The summed E-state index contributed by atoms with van der Waals surface area (Å²) < 4.78 is 0. The zero-order valence-electron chi connectivity index (χ0n) is 8.77. The number of aliphatic carboxylic acids is 1. The smallest absolute Gasteiger partial charge is 0.315 e. The van der Waals surface area contributed by atoms with Crippen molar-refractivity contribution in [3.63, 3.8) is 0 Å². The SMILES string of the molecule is CN1CCC(C(=O)O)(c2cccs2)CC1. The first kappa shape index (κ1) is 10.6. The highest BCUT2D eigenvalue weighted by Gasteiger charge is 2.43. The number of piperidine rings is 1. The molecule has 1 aliphatic heterocycles. The van der Waals surface area contributed by atoms with Crippen molar-refractivity contribution in [2.75, 3.05) is 20.1 Å². The van der Waals surface area contributed by atoms with Gasteiger partial charge in [0.15, 0.2) is 0 Å². The average molecular weight is 225 g/mol. The summed E-state index contributed by atoms with van der Waals surface area (Å²) in [5, 5.41) is 11.4. The lowest BCUT2D eigenvalue weighted by Crippen LogP contribution is -2.45. The standard InChI is InChI=1S/C11H15NO2S/c1-12-6-4-11(5-7-12,10(13)14)9-3-2-8-15-9/h2-3,8H,4-7H2,1H3,(H,13,14). The van der Waals surface area contributed by atoms with Gasteiger partial charge in [0.25, 0.3) is 0 Å². The molecule has 3 nitrogen and oxygen atoms in total. The molecule has 2 rings (SSSR count). The van der Waals surface area contributed by atoms with Crippen LogP contribution >= 0.6 is 11.3 Å². The molecular weight excluding hydrogens is 210 g/mol. The normalized spacial score (nSPS) is 21.4. The topological polar surface area (TPSA) is 40.5 Å². The summed E-state index contributed by atoms with van der Waals surface area (Å²) in [6, 6.07) is 3.88. The fourth-order valence-corrected chi connectivity index (χ4v) is 3.09. The van der Waals surface area contributed by atoms with Crippen LogP contribution in [0.3, 0.4) is 0 Å². The van der Waals surface area contributed by atoms with Crippen LogP contribution in [0.2, 0.25) is 0 Å². The van der Waals surface area contributed by atoms with Crippen LogP contribution in [0.1, 0.15) is 17.7 Å². The minimum atomic E-state index is -0.668. The van der Waals surface area contributed by atoms with Crippen LogP contribution in [0.15, 0.2) is 17.5 Å². The zero-order chi connectivity index (χ0) is 10.9. The monoisotopic (exact) mass is 225 g/mol. The molecule has 0 atom stereocenters. The third kappa shape index (κ3) is 1.79. The first-order valence-corrected chi connectivity index (χ1v) is 5.99. The predicted molar refractivity (Wildman–Crippen MR) is 60.4 cm³/mol. The van der Waals surface area contributed by atoms with Crippen molar-refractivity contribution >= 4 is 17.3 Å². The van der Waals surface area contributed by atoms with Gasteiger partial charge < -0.3 is 10.0 Å². The number of hydrogen-bond acceptors (Lipinski definition) is 3. The van der Waals surface area contributed by atoms with Crippen LogP contribution in [0.4, 0.5) is 0 Å². The van der Waals surface area contributed by atoms with E-state index in [4.69, 9.17) is 0 Å². The van der Waals surface area contributed by atoms with Gasteiger partial charge in [-0.05, 0) is 44.4 Å². The molecule has 0 radical (unpaired) electrons. The van der Waals surface area contributed by atoms with Crippen LogP contribution in [0, 0.1) is 0 Å². The van der Waals surface area contributed by atoms with E-state index in [9.17, 15) is 9.90 Å². The Labute approximate surface area is 93.3 Å². The Hall–Kier alpha value is -0.870. The van der Waals surface area contributed by atoms with Crippen molar-refractivity contribution in [1.29, 1.82) is 0 Å². The Balaban J connectivity index is 2.30. The van der Waals surface area contributed by atoms with Crippen molar-refractivity contribution in [3.05, 3.63) is 22.4 Å². The molecule has 1 saturated heterocycles. The third-order valence-corrected chi connectivity index (χ3v) is 4.32. The number of rotatable bonds is 2. The summed E-state index contributed by atoms with van der Waals surface area (Å²) in [6.07, 6.45) is 1.44. The molecule has 0 bridgehead atoms. The van der Waals surface area contributed by atoms with E-state index in [0.29, 0.717) is 0 Å². The largest absolute Gasteiger partial charge is 0.481 e. The molecule has 15 heavy (non-hydrogen) atoms. The van der Waals surface area contributed by atoms with E-state index < -0.39 is 11.4 Å². The highest BCUT2D eigenvalue weighted by atomic mass is 32.1. The van der Waals surface area contributed by atoms with Gasteiger partial charge in [0, 0.05) is 4.88 Å². The van der Waals surface area contributed by atoms with E-state index in [2.05, 4.69) is 4.90 Å². The van der Waals surface area contributed by atoms with Crippen LogP contribution < -0.4 is 0 Å². The molecule has 4 heteroatoms. The minimum Gasteiger partial charge on any atom is -0.481 e. The highest BCUT2D eigenvalue weighted by Crippen LogP contribution is 2.37. The number of hydrogen-bond donors (Lipinski definition) is 1. The number of thiophene rings is 1. The molecule has 0 unspecified atom stereocenters. The summed E-state index contributed by atoms with van der Waals surface area (Å²) in [4.78, 5) is 14.7. The van der Waals surface area contributed by atoms with E-state index >= 15 is 0 Å². The lowest BCUT2D eigenvalue weighted by Gasteiger charge is -2.36. The first-order valence-electron chi connectivity index (χ1n) is 5.11. The number of likely N-dealkylation sites (tertiary alicyclic amines) is 1. The number of carboxylic acid groups (broad SMARTS) is 1. The Morgan fingerprint density at radius 1 is 1.53 bits per heavy atom. The van der Waals surface area contributed by atoms with Gasteiger partial charge in [0.1, 0.15) is 5.41 Å². The fourth-order valence-electron chi connectivity index (χ4n) is 2.12. The van der Waals surface area contributed by atoms with E-state index in [1.807, 2.05) is 24.6 Å². The molecule has 0 saturated carbocycles. The van der Waals surface area contributed by atoms with Gasteiger partial charge in [-0.1, -0.05) is 6.07 Å². The molecule has 0 amide bonds. The van der Waals surface area contributed by atoms with E-state index in [-0.39, 0.29) is 0 Å². The molecule has 0 aromatic carbocycles. The third-order valence-electron chi connectivity index (χ3n) is 3.24. The Bertz CT molecular complexity index is 339. The van der Waals surface area contributed by atoms with Gasteiger partial charge >= 0.3 is 5.97 Å². The summed E-state index contributed by atoms with van der Waals surface area (Å²) in [5.74, 6) is -0.668. The van der Waals surface area contributed by atoms with E-state index in [0.717, 1.165) is 30.8 Å². The Morgan fingerprint density at radius 2 is 2.20 bits per heavy atom. The van der Waals surface area contributed by atoms with Crippen molar-refractivity contribution in [3.8, 4) is 0 Å². The molecule has 1 N–H and O–H groups in total. The minimum absolute atomic E-state index is 0.624. The second-order valence-corrected chi connectivity index (χ2v) is 5.12. The molecule has 0 spiro atoms. The maximum absolute atomic E-state index is 11.5. The molecule has 1 aromatic heterocycles. The predicted octanol–water partition coefficient (Wildman–Crippen LogP) is 1.80. The molecule has 1 fully saturated rings. The van der Waals surface area contributed by atoms with Crippen molar-refractivity contribution in [2.45, 2.75) is 18.3 Å². The molecular formula is C11H15NO2S. The fraction of sp³-hybridized carbons (Fsp3) is 0.545. The molecule has 2 heterocycles.